The van der Waals surface area contributed by atoms with Crippen molar-refractivity contribution < 1.29 is 31.5 Å². The molecule has 2 amide bonds. The number of hydrogen-bond acceptors (Lipinski definition) is 5. The second-order valence-corrected chi connectivity index (χ2v) is 10.5. The first-order valence-electron chi connectivity index (χ1n) is 11.5. The summed E-state index contributed by atoms with van der Waals surface area (Å²) in [6, 6.07) is 5.75. The molecule has 38 heavy (non-hydrogen) atoms. The predicted molar refractivity (Wildman–Crippen MR) is 127 cm³/mol. The fourth-order valence-electron chi connectivity index (χ4n) is 5.16. The van der Waals surface area contributed by atoms with Crippen LogP contribution in [-0.2, 0) is 15.0 Å². The van der Waals surface area contributed by atoms with Crippen LogP contribution in [0.5, 0.6) is 0 Å². The summed E-state index contributed by atoms with van der Waals surface area (Å²) in [5, 5.41) is 6.19. The number of carbonyl (C=O) groups excluding carboxylic acids is 2. The van der Waals surface area contributed by atoms with Crippen molar-refractivity contribution in [3.8, 4) is 0 Å². The van der Waals surface area contributed by atoms with Crippen LogP contribution >= 0.6 is 11.6 Å². The standard InChI is InChI=1S/C24H22ClF5N6O2/c1-11(19(31)37)33-20(38)22(3)17(23(22,26)27)12-4-6-13(7-5-12)35-10-21(2,24(28,29)30)18-14(35)9-32-16-8-15(25)34-36(16)18/h4-9,11,17H,10H2,1-3H3,(H2,31,37)(H,33,38)/t11-,17-,21-,22+/m1/s1. The lowest BCUT2D eigenvalue weighted by molar-refractivity contribution is -0.181. The number of primary amides is 1. The van der Waals surface area contributed by atoms with Crippen LogP contribution in [0.2, 0.25) is 5.15 Å². The molecule has 0 unspecified atom stereocenters. The highest BCUT2D eigenvalue weighted by molar-refractivity contribution is 6.29. The molecule has 3 N–H and O–H groups in total. The third-order valence-electron chi connectivity index (χ3n) is 7.68. The lowest BCUT2D eigenvalue weighted by Gasteiger charge is -2.28. The average molecular weight is 557 g/mol. The minimum atomic E-state index is -4.66. The fraction of sp³-hybridized carbons (Fsp3) is 0.417. The number of nitrogens with zero attached hydrogens (tertiary/aromatic N) is 4. The highest BCUT2D eigenvalue weighted by Gasteiger charge is 2.82. The van der Waals surface area contributed by atoms with E-state index in [9.17, 15) is 31.5 Å². The first-order valence-corrected chi connectivity index (χ1v) is 11.9. The van der Waals surface area contributed by atoms with Crippen LogP contribution in [0.25, 0.3) is 5.65 Å². The number of carbonyl (C=O) groups is 2. The first-order chi connectivity index (χ1) is 17.5. The van der Waals surface area contributed by atoms with E-state index in [2.05, 4.69) is 15.4 Å². The number of aromatic nitrogens is 3. The SMILES string of the molecule is C[C@@H](NC(=O)[C@]1(C)[C@@H](c2ccc(N3C[C@@](C)(C(F)(F)F)c4c3cnc3cc(Cl)nn43)cc2)C1(F)F)C(N)=O. The van der Waals surface area contributed by atoms with Gasteiger partial charge in [-0.25, -0.2) is 18.3 Å². The number of alkyl halides is 5. The number of halogens is 6. The summed E-state index contributed by atoms with van der Waals surface area (Å²) < 4.78 is 73.8. The first kappa shape index (κ1) is 26.1. The van der Waals surface area contributed by atoms with Gasteiger partial charge in [0, 0.05) is 18.3 Å². The molecule has 1 fully saturated rings. The van der Waals surface area contributed by atoms with Crippen LogP contribution in [0.3, 0.4) is 0 Å². The van der Waals surface area contributed by atoms with Gasteiger partial charge in [0.1, 0.15) is 16.9 Å². The van der Waals surface area contributed by atoms with Crippen LogP contribution in [0, 0.1) is 5.41 Å². The summed E-state index contributed by atoms with van der Waals surface area (Å²) >= 11 is 5.93. The molecule has 0 saturated heterocycles. The number of amides is 2. The zero-order valence-electron chi connectivity index (χ0n) is 20.3. The molecule has 1 aromatic carbocycles. The van der Waals surface area contributed by atoms with E-state index in [0.29, 0.717) is 5.69 Å². The fourth-order valence-corrected chi connectivity index (χ4v) is 5.33. The Kier molecular flexibility index (Phi) is 5.51. The van der Waals surface area contributed by atoms with Gasteiger partial charge >= 0.3 is 6.18 Å². The Hall–Kier alpha value is -3.48. The summed E-state index contributed by atoms with van der Waals surface area (Å²) in [5.74, 6) is -6.80. The maximum Gasteiger partial charge on any atom is 0.401 e. The average Bonchev–Trinajstić information content (AvgIpc) is 3.11. The van der Waals surface area contributed by atoms with Crippen molar-refractivity contribution in [3.05, 3.63) is 52.9 Å². The molecule has 8 nitrogen and oxygen atoms in total. The maximum atomic E-state index is 14.9. The van der Waals surface area contributed by atoms with Gasteiger partial charge in [0.2, 0.25) is 11.8 Å². The number of benzene rings is 1. The molecule has 1 aliphatic heterocycles. The summed E-state index contributed by atoms with van der Waals surface area (Å²) in [4.78, 5) is 29.4. The highest BCUT2D eigenvalue weighted by atomic mass is 35.5. The van der Waals surface area contributed by atoms with E-state index >= 15 is 0 Å². The van der Waals surface area contributed by atoms with Crippen LogP contribution in [-0.4, -0.2) is 51.1 Å². The number of nitrogens with two attached hydrogens (primary N) is 1. The third-order valence-corrected chi connectivity index (χ3v) is 7.87. The van der Waals surface area contributed by atoms with E-state index in [1.165, 1.54) is 48.4 Å². The minimum Gasteiger partial charge on any atom is -0.368 e. The number of fused-ring (bicyclic) bond motifs is 3. The van der Waals surface area contributed by atoms with Gasteiger partial charge in [-0.05, 0) is 38.5 Å². The Labute approximate surface area is 217 Å². The lowest BCUT2D eigenvalue weighted by atomic mass is 9.87. The largest absolute Gasteiger partial charge is 0.401 e. The van der Waals surface area contributed by atoms with Gasteiger partial charge in [0.05, 0.1) is 23.5 Å². The molecular formula is C24H22ClF5N6O2. The van der Waals surface area contributed by atoms with Gasteiger partial charge in [-0.2, -0.15) is 18.3 Å². The Morgan fingerprint density at radius 3 is 2.42 bits per heavy atom. The van der Waals surface area contributed by atoms with Gasteiger partial charge in [0.25, 0.3) is 5.92 Å². The third kappa shape index (κ3) is 3.47. The van der Waals surface area contributed by atoms with Crippen LogP contribution in [0.1, 0.15) is 37.9 Å². The molecule has 0 spiro atoms. The Morgan fingerprint density at radius 1 is 1.21 bits per heavy atom. The molecule has 202 valence electrons. The minimum absolute atomic E-state index is 0.0131. The normalized spacial score (nSPS) is 26.8. The zero-order chi connectivity index (χ0) is 28.0. The topological polar surface area (TPSA) is 106 Å². The molecule has 14 heteroatoms. The van der Waals surface area contributed by atoms with Gasteiger partial charge in [-0.15, -0.1) is 0 Å². The van der Waals surface area contributed by atoms with Gasteiger partial charge < -0.3 is 16.0 Å². The van der Waals surface area contributed by atoms with Crippen molar-refractivity contribution in [3.63, 3.8) is 0 Å². The van der Waals surface area contributed by atoms with E-state index in [-0.39, 0.29) is 27.7 Å². The Morgan fingerprint density at radius 2 is 1.84 bits per heavy atom. The molecule has 3 aromatic rings. The number of hydrogen-bond donors (Lipinski definition) is 2. The second-order valence-electron chi connectivity index (χ2n) is 10.1. The molecule has 2 aliphatic rings. The van der Waals surface area contributed by atoms with Crippen molar-refractivity contribution in [1.82, 2.24) is 19.9 Å². The number of anilines is 2. The van der Waals surface area contributed by atoms with Crippen LogP contribution in [0.4, 0.5) is 33.3 Å². The Bertz CT molecular complexity index is 1480. The maximum absolute atomic E-state index is 14.9. The van der Waals surface area contributed by atoms with Gasteiger partial charge in [0.15, 0.2) is 10.8 Å². The van der Waals surface area contributed by atoms with E-state index in [0.717, 1.165) is 18.4 Å². The van der Waals surface area contributed by atoms with Gasteiger partial charge in [-0.1, -0.05) is 23.7 Å². The molecule has 0 radical (unpaired) electrons. The van der Waals surface area contributed by atoms with Crippen molar-refractivity contribution in [2.24, 2.45) is 11.1 Å². The summed E-state index contributed by atoms with van der Waals surface area (Å²) in [6.07, 6.45) is -3.36. The smallest absolute Gasteiger partial charge is 0.368 e. The van der Waals surface area contributed by atoms with Crippen molar-refractivity contribution in [2.75, 3.05) is 11.4 Å². The number of nitrogens with one attached hydrogen (secondary N) is 1. The molecule has 0 bridgehead atoms. The monoisotopic (exact) mass is 556 g/mol. The van der Waals surface area contributed by atoms with Crippen molar-refractivity contribution in [1.29, 1.82) is 0 Å². The summed E-state index contributed by atoms with van der Waals surface area (Å²) in [7, 11) is 0. The highest BCUT2D eigenvalue weighted by Crippen LogP contribution is 2.71. The molecular weight excluding hydrogens is 535 g/mol. The zero-order valence-corrected chi connectivity index (χ0v) is 21.0. The Balaban J connectivity index is 1.49. The van der Waals surface area contributed by atoms with E-state index in [4.69, 9.17) is 17.3 Å². The molecule has 3 heterocycles. The van der Waals surface area contributed by atoms with E-state index < -0.39 is 53.2 Å². The van der Waals surface area contributed by atoms with Crippen LogP contribution in [0.15, 0.2) is 36.5 Å². The second kappa shape index (κ2) is 8.01. The summed E-state index contributed by atoms with van der Waals surface area (Å²) in [5.41, 5.74) is 1.23. The quantitative estimate of drug-likeness (QED) is 0.461. The van der Waals surface area contributed by atoms with E-state index in [1.807, 2.05) is 0 Å². The van der Waals surface area contributed by atoms with Crippen molar-refractivity contribution in [2.45, 2.75) is 50.2 Å². The van der Waals surface area contributed by atoms with Crippen LogP contribution < -0.4 is 16.0 Å². The van der Waals surface area contributed by atoms with Crippen molar-refractivity contribution >= 4 is 40.4 Å². The molecule has 1 saturated carbocycles. The molecule has 2 aromatic heterocycles. The predicted octanol–water partition coefficient (Wildman–Crippen LogP) is 4.08. The molecule has 5 rings (SSSR count). The lowest BCUT2D eigenvalue weighted by Crippen LogP contribution is -2.46. The summed E-state index contributed by atoms with van der Waals surface area (Å²) in [6.45, 7) is 2.92. The van der Waals surface area contributed by atoms with E-state index in [1.54, 1.807) is 0 Å². The number of rotatable bonds is 5. The van der Waals surface area contributed by atoms with Gasteiger partial charge in [-0.3, -0.25) is 9.59 Å². The molecule has 4 atom stereocenters. The molecule has 1 aliphatic carbocycles.